The summed E-state index contributed by atoms with van der Waals surface area (Å²) in [6.07, 6.45) is 0.326. The molecule has 0 radical (unpaired) electrons. The van der Waals surface area contributed by atoms with Gasteiger partial charge in [-0.2, -0.15) is 0 Å². The fraction of sp³-hybridized carbons (Fsp3) is 0.429. The number of Topliss-reactive ketones (excluding diaryl/α,β-unsaturated/α-hetero) is 1. The third-order valence-corrected chi connectivity index (χ3v) is 3.19. The highest BCUT2D eigenvalue weighted by Gasteiger charge is 2.29. The molecule has 1 aliphatic rings. The summed E-state index contributed by atoms with van der Waals surface area (Å²) in [5.41, 5.74) is 2.43. The predicted octanol–water partition coefficient (Wildman–Crippen LogP) is 2.36. The average Bonchev–Trinajstić information content (AvgIpc) is 2.41. The number of ketones is 1. The number of benzene rings is 1. The Morgan fingerprint density at radius 1 is 1.44 bits per heavy atom. The van der Waals surface area contributed by atoms with Gasteiger partial charge in [-0.3, -0.25) is 9.59 Å². The van der Waals surface area contributed by atoms with Crippen LogP contribution in [0.15, 0.2) is 12.1 Å². The van der Waals surface area contributed by atoms with Gasteiger partial charge in [0.05, 0.1) is 18.6 Å². The van der Waals surface area contributed by atoms with Crippen LogP contribution in [0.25, 0.3) is 0 Å². The third-order valence-electron chi connectivity index (χ3n) is 3.19. The lowest BCUT2D eigenvalue weighted by Gasteiger charge is -2.11. The maximum atomic E-state index is 12.3. The highest BCUT2D eigenvalue weighted by molar-refractivity contribution is 6.02. The lowest BCUT2D eigenvalue weighted by atomic mass is 9.91. The molecule has 0 spiro atoms. The summed E-state index contributed by atoms with van der Waals surface area (Å²) in [4.78, 5) is 23.1. The van der Waals surface area contributed by atoms with Crippen LogP contribution in [0, 0.1) is 19.8 Å². The summed E-state index contributed by atoms with van der Waals surface area (Å²) in [5.74, 6) is -0.929. The number of ether oxygens (including phenoxy) is 1. The maximum absolute atomic E-state index is 12.3. The van der Waals surface area contributed by atoms with E-state index in [1.165, 1.54) is 0 Å². The van der Waals surface area contributed by atoms with Gasteiger partial charge in [-0.15, -0.1) is 0 Å². The molecule has 1 aliphatic heterocycles. The van der Waals surface area contributed by atoms with Crippen molar-refractivity contribution in [1.29, 1.82) is 0 Å². The van der Waals surface area contributed by atoms with E-state index in [0.717, 1.165) is 11.1 Å². The van der Waals surface area contributed by atoms with E-state index in [0.29, 0.717) is 24.3 Å². The van der Waals surface area contributed by atoms with Crippen molar-refractivity contribution < 1.29 is 19.4 Å². The van der Waals surface area contributed by atoms with Crippen LogP contribution in [0.4, 0.5) is 0 Å². The number of hydrogen-bond donors (Lipinski definition) is 1. The summed E-state index contributed by atoms with van der Waals surface area (Å²) in [7, 11) is 0. The lowest BCUT2D eigenvalue weighted by Crippen LogP contribution is -2.18. The van der Waals surface area contributed by atoms with Gasteiger partial charge in [-0.1, -0.05) is 6.07 Å². The SMILES string of the molecule is Cc1cc(C)c2c(c1)C(=O)C(CC(=O)O)CCO2. The second-order valence-corrected chi connectivity index (χ2v) is 4.75. The molecule has 0 aliphatic carbocycles. The second kappa shape index (κ2) is 4.80. The minimum Gasteiger partial charge on any atom is -0.493 e. The van der Waals surface area contributed by atoms with Crippen molar-refractivity contribution in [3.63, 3.8) is 0 Å². The Morgan fingerprint density at radius 3 is 2.83 bits per heavy atom. The van der Waals surface area contributed by atoms with E-state index >= 15 is 0 Å². The van der Waals surface area contributed by atoms with Gasteiger partial charge in [0.2, 0.25) is 0 Å². The largest absolute Gasteiger partial charge is 0.493 e. The second-order valence-electron chi connectivity index (χ2n) is 4.75. The molecule has 18 heavy (non-hydrogen) atoms. The molecule has 4 nitrogen and oxygen atoms in total. The number of rotatable bonds is 2. The van der Waals surface area contributed by atoms with E-state index < -0.39 is 11.9 Å². The van der Waals surface area contributed by atoms with Crippen LogP contribution in [0.5, 0.6) is 5.75 Å². The van der Waals surface area contributed by atoms with Gasteiger partial charge < -0.3 is 9.84 Å². The topological polar surface area (TPSA) is 63.6 Å². The van der Waals surface area contributed by atoms with Gasteiger partial charge in [0.1, 0.15) is 5.75 Å². The molecule has 0 bridgehead atoms. The van der Waals surface area contributed by atoms with Crippen LogP contribution in [0.2, 0.25) is 0 Å². The Balaban J connectivity index is 2.42. The number of aryl methyl sites for hydroxylation is 2. The first-order valence-corrected chi connectivity index (χ1v) is 5.99. The molecule has 0 aromatic heterocycles. The van der Waals surface area contributed by atoms with Crippen molar-refractivity contribution in [3.05, 3.63) is 28.8 Å². The van der Waals surface area contributed by atoms with Crippen LogP contribution in [0.1, 0.15) is 34.3 Å². The highest BCUT2D eigenvalue weighted by atomic mass is 16.5. The number of carbonyl (C=O) groups is 2. The van der Waals surface area contributed by atoms with Gasteiger partial charge in [0.15, 0.2) is 5.78 Å². The van der Waals surface area contributed by atoms with Crippen LogP contribution in [0.3, 0.4) is 0 Å². The Bertz CT molecular complexity index is 505. The molecule has 1 aromatic carbocycles. The summed E-state index contributed by atoms with van der Waals surface area (Å²) in [6, 6.07) is 3.74. The average molecular weight is 248 g/mol. The van der Waals surface area contributed by atoms with E-state index in [2.05, 4.69) is 0 Å². The molecule has 4 heteroatoms. The van der Waals surface area contributed by atoms with E-state index in [-0.39, 0.29) is 12.2 Å². The van der Waals surface area contributed by atoms with Crippen molar-refractivity contribution in [2.75, 3.05) is 6.61 Å². The molecule has 0 saturated carbocycles. The van der Waals surface area contributed by atoms with Crippen LogP contribution in [-0.4, -0.2) is 23.5 Å². The molecule has 1 aromatic rings. The van der Waals surface area contributed by atoms with E-state index in [1.807, 2.05) is 19.9 Å². The molecule has 0 fully saturated rings. The van der Waals surface area contributed by atoms with E-state index in [1.54, 1.807) is 6.07 Å². The summed E-state index contributed by atoms with van der Waals surface area (Å²) >= 11 is 0. The Hall–Kier alpha value is -1.84. The third kappa shape index (κ3) is 2.37. The normalized spacial score (nSPS) is 18.8. The fourth-order valence-corrected chi connectivity index (χ4v) is 2.39. The van der Waals surface area contributed by atoms with Crippen LogP contribution >= 0.6 is 0 Å². The van der Waals surface area contributed by atoms with Gasteiger partial charge in [0, 0.05) is 5.92 Å². The molecule has 1 heterocycles. The van der Waals surface area contributed by atoms with Gasteiger partial charge in [-0.05, 0) is 37.5 Å². The van der Waals surface area contributed by atoms with Crippen molar-refractivity contribution in [1.82, 2.24) is 0 Å². The molecule has 96 valence electrons. The van der Waals surface area contributed by atoms with Crippen molar-refractivity contribution in [2.24, 2.45) is 5.92 Å². The number of carboxylic acid groups (broad SMARTS) is 1. The summed E-state index contributed by atoms with van der Waals surface area (Å²) in [6.45, 7) is 4.20. The number of hydrogen-bond acceptors (Lipinski definition) is 3. The molecule has 1 atom stereocenters. The standard InChI is InChI=1S/C14H16O4/c1-8-5-9(2)14-11(6-8)13(17)10(3-4-18-14)7-12(15)16/h5-6,10H,3-4,7H2,1-2H3,(H,15,16). The number of aliphatic carboxylic acids is 1. The van der Waals surface area contributed by atoms with Crippen LogP contribution < -0.4 is 4.74 Å². The summed E-state index contributed by atoms with van der Waals surface area (Å²) in [5, 5.41) is 8.84. The zero-order valence-corrected chi connectivity index (χ0v) is 10.5. The Labute approximate surface area is 106 Å². The molecule has 1 N–H and O–H groups in total. The zero-order chi connectivity index (χ0) is 13.3. The maximum Gasteiger partial charge on any atom is 0.304 e. The predicted molar refractivity (Wildman–Crippen MR) is 66.1 cm³/mol. The van der Waals surface area contributed by atoms with E-state index in [9.17, 15) is 9.59 Å². The molecule has 0 amide bonds. The quantitative estimate of drug-likeness (QED) is 0.872. The molecular weight excluding hydrogens is 232 g/mol. The Morgan fingerprint density at radius 2 is 2.17 bits per heavy atom. The molecule has 2 rings (SSSR count). The van der Waals surface area contributed by atoms with Gasteiger partial charge >= 0.3 is 5.97 Å². The van der Waals surface area contributed by atoms with Gasteiger partial charge in [-0.25, -0.2) is 0 Å². The number of fused-ring (bicyclic) bond motifs is 1. The van der Waals surface area contributed by atoms with E-state index in [4.69, 9.17) is 9.84 Å². The highest BCUT2D eigenvalue weighted by Crippen LogP contribution is 2.32. The Kier molecular flexibility index (Phi) is 3.36. The number of carboxylic acids is 1. The molecular formula is C14H16O4. The smallest absolute Gasteiger partial charge is 0.304 e. The minimum atomic E-state index is -0.943. The van der Waals surface area contributed by atoms with Gasteiger partial charge in [0.25, 0.3) is 0 Å². The van der Waals surface area contributed by atoms with Crippen molar-refractivity contribution >= 4 is 11.8 Å². The summed E-state index contributed by atoms with van der Waals surface area (Å²) < 4.78 is 5.60. The van der Waals surface area contributed by atoms with Crippen LogP contribution in [-0.2, 0) is 4.79 Å². The molecule has 1 unspecified atom stereocenters. The van der Waals surface area contributed by atoms with Crippen molar-refractivity contribution in [3.8, 4) is 5.75 Å². The lowest BCUT2D eigenvalue weighted by molar-refractivity contribution is -0.137. The number of carbonyl (C=O) groups excluding carboxylic acids is 1. The fourth-order valence-electron chi connectivity index (χ4n) is 2.39. The zero-order valence-electron chi connectivity index (χ0n) is 10.5. The monoisotopic (exact) mass is 248 g/mol. The first-order valence-electron chi connectivity index (χ1n) is 5.99. The molecule has 0 saturated heterocycles. The minimum absolute atomic E-state index is 0.114. The first kappa shape index (κ1) is 12.6. The first-order chi connectivity index (χ1) is 8.49. The van der Waals surface area contributed by atoms with Crippen molar-refractivity contribution in [2.45, 2.75) is 26.7 Å².